The zero-order chi connectivity index (χ0) is 15.6. The molecule has 0 unspecified atom stereocenters. The first-order valence-corrected chi connectivity index (χ1v) is 8.36. The van der Waals surface area contributed by atoms with E-state index in [0.717, 1.165) is 18.4 Å². The van der Waals surface area contributed by atoms with Crippen molar-refractivity contribution in [3.63, 3.8) is 0 Å². The minimum atomic E-state index is -3.58. The molecule has 4 nitrogen and oxygen atoms in total. The lowest BCUT2D eigenvalue weighted by Crippen LogP contribution is -2.43. The SMILES string of the molecule is CCCC(C)(C)NS(=O)(=O)c1cc(CO)c(C)cc1C. The Bertz CT molecular complexity index is 577. The standard InChI is InChI=1S/C15H25NO3S/c1-6-7-15(4,5)16-20(18,19)14-9-13(10-17)11(2)8-12(14)3/h8-9,16-17H,6-7,10H2,1-5H3. The first kappa shape index (κ1) is 17.1. The average Bonchev–Trinajstić information content (AvgIpc) is 2.26. The third kappa shape index (κ3) is 4.04. The van der Waals surface area contributed by atoms with Gasteiger partial charge in [0.05, 0.1) is 11.5 Å². The Morgan fingerprint density at radius 3 is 2.30 bits per heavy atom. The number of hydrogen-bond donors (Lipinski definition) is 2. The van der Waals surface area contributed by atoms with Crippen LogP contribution in [0, 0.1) is 13.8 Å². The minimum Gasteiger partial charge on any atom is -0.392 e. The van der Waals surface area contributed by atoms with Crippen LogP contribution < -0.4 is 4.72 Å². The van der Waals surface area contributed by atoms with E-state index in [2.05, 4.69) is 4.72 Å². The third-order valence-electron chi connectivity index (χ3n) is 3.38. The summed E-state index contributed by atoms with van der Waals surface area (Å²) >= 11 is 0. The predicted molar refractivity (Wildman–Crippen MR) is 81.1 cm³/mol. The molecular formula is C15H25NO3S. The maximum atomic E-state index is 12.5. The summed E-state index contributed by atoms with van der Waals surface area (Å²) in [5.74, 6) is 0. The molecule has 1 aromatic carbocycles. The number of aryl methyl sites for hydroxylation is 2. The molecule has 0 bridgehead atoms. The Morgan fingerprint density at radius 2 is 1.80 bits per heavy atom. The van der Waals surface area contributed by atoms with Gasteiger partial charge in [-0.05, 0) is 56.9 Å². The van der Waals surface area contributed by atoms with Crippen LogP contribution in [0.15, 0.2) is 17.0 Å². The van der Waals surface area contributed by atoms with E-state index in [1.807, 2.05) is 27.7 Å². The highest BCUT2D eigenvalue weighted by molar-refractivity contribution is 7.89. The fourth-order valence-electron chi connectivity index (χ4n) is 2.43. The summed E-state index contributed by atoms with van der Waals surface area (Å²) in [4.78, 5) is 0.247. The fraction of sp³-hybridized carbons (Fsp3) is 0.600. The van der Waals surface area contributed by atoms with Crippen molar-refractivity contribution >= 4 is 10.0 Å². The highest BCUT2D eigenvalue weighted by Crippen LogP contribution is 2.23. The van der Waals surface area contributed by atoms with Crippen molar-refractivity contribution in [1.82, 2.24) is 4.72 Å². The van der Waals surface area contributed by atoms with Crippen molar-refractivity contribution in [2.45, 2.75) is 64.5 Å². The van der Waals surface area contributed by atoms with E-state index in [1.165, 1.54) is 0 Å². The summed E-state index contributed by atoms with van der Waals surface area (Å²) in [5.41, 5.74) is 1.75. The summed E-state index contributed by atoms with van der Waals surface area (Å²) in [6.07, 6.45) is 1.67. The largest absolute Gasteiger partial charge is 0.392 e. The molecule has 0 amide bonds. The number of rotatable bonds is 6. The lowest BCUT2D eigenvalue weighted by molar-refractivity contribution is 0.280. The molecule has 114 valence electrons. The van der Waals surface area contributed by atoms with Crippen molar-refractivity contribution in [3.8, 4) is 0 Å². The van der Waals surface area contributed by atoms with Gasteiger partial charge in [0, 0.05) is 5.54 Å². The Morgan fingerprint density at radius 1 is 1.20 bits per heavy atom. The lowest BCUT2D eigenvalue weighted by atomic mass is 10.0. The molecule has 0 radical (unpaired) electrons. The van der Waals surface area contributed by atoms with E-state index in [-0.39, 0.29) is 11.5 Å². The fourth-order valence-corrected chi connectivity index (χ4v) is 4.15. The summed E-state index contributed by atoms with van der Waals surface area (Å²) in [6.45, 7) is 9.26. The van der Waals surface area contributed by atoms with Crippen molar-refractivity contribution in [2.24, 2.45) is 0 Å². The normalized spacial score (nSPS) is 12.7. The number of aliphatic hydroxyl groups excluding tert-OH is 1. The Balaban J connectivity index is 3.22. The lowest BCUT2D eigenvalue weighted by Gasteiger charge is -2.26. The smallest absolute Gasteiger partial charge is 0.241 e. The van der Waals surface area contributed by atoms with E-state index in [0.29, 0.717) is 11.1 Å². The Kier molecular flexibility index (Phi) is 5.35. The quantitative estimate of drug-likeness (QED) is 0.848. The topological polar surface area (TPSA) is 66.4 Å². The second-order valence-corrected chi connectivity index (χ2v) is 7.59. The molecule has 0 heterocycles. The molecule has 0 saturated carbocycles. The van der Waals surface area contributed by atoms with Gasteiger partial charge >= 0.3 is 0 Å². The van der Waals surface area contributed by atoms with E-state index in [9.17, 15) is 13.5 Å². The van der Waals surface area contributed by atoms with Crippen LogP contribution >= 0.6 is 0 Å². The van der Waals surface area contributed by atoms with Gasteiger partial charge in [-0.25, -0.2) is 13.1 Å². The molecular weight excluding hydrogens is 274 g/mol. The van der Waals surface area contributed by atoms with Crippen molar-refractivity contribution in [1.29, 1.82) is 0 Å². The van der Waals surface area contributed by atoms with Gasteiger partial charge in [-0.2, -0.15) is 0 Å². The number of sulfonamides is 1. The van der Waals surface area contributed by atoms with E-state index in [1.54, 1.807) is 19.1 Å². The van der Waals surface area contributed by atoms with Gasteiger partial charge in [0.25, 0.3) is 0 Å². The maximum Gasteiger partial charge on any atom is 0.241 e. The molecule has 0 aliphatic rings. The zero-order valence-electron chi connectivity index (χ0n) is 12.9. The van der Waals surface area contributed by atoms with Crippen molar-refractivity contribution < 1.29 is 13.5 Å². The Labute approximate surface area is 122 Å². The van der Waals surface area contributed by atoms with Crippen LogP contribution in [0.25, 0.3) is 0 Å². The first-order valence-electron chi connectivity index (χ1n) is 6.88. The van der Waals surface area contributed by atoms with Gasteiger partial charge < -0.3 is 5.11 Å². The van der Waals surface area contributed by atoms with Crippen LogP contribution in [0.3, 0.4) is 0 Å². The van der Waals surface area contributed by atoms with Crippen molar-refractivity contribution in [3.05, 3.63) is 28.8 Å². The second-order valence-electron chi connectivity index (χ2n) is 5.94. The second kappa shape index (κ2) is 6.24. The molecule has 1 rings (SSSR count). The monoisotopic (exact) mass is 299 g/mol. The number of nitrogens with one attached hydrogen (secondary N) is 1. The number of aliphatic hydroxyl groups is 1. The molecule has 20 heavy (non-hydrogen) atoms. The van der Waals surface area contributed by atoms with Gasteiger partial charge in [0.1, 0.15) is 0 Å². The zero-order valence-corrected chi connectivity index (χ0v) is 13.8. The highest BCUT2D eigenvalue weighted by atomic mass is 32.2. The van der Waals surface area contributed by atoms with Gasteiger partial charge in [-0.15, -0.1) is 0 Å². The van der Waals surface area contributed by atoms with E-state index in [4.69, 9.17) is 0 Å². The average molecular weight is 299 g/mol. The van der Waals surface area contributed by atoms with E-state index >= 15 is 0 Å². The molecule has 0 aromatic heterocycles. The van der Waals surface area contributed by atoms with E-state index < -0.39 is 15.6 Å². The molecule has 0 aliphatic heterocycles. The minimum absolute atomic E-state index is 0.160. The van der Waals surface area contributed by atoms with Crippen LogP contribution in [0.1, 0.15) is 50.3 Å². The molecule has 0 saturated heterocycles. The van der Waals surface area contributed by atoms with Crippen LogP contribution in [0.5, 0.6) is 0 Å². The third-order valence-corrected chi connectivity index (χ3v) is 5.22. The maximum absolute atomic E-state index is 12.5. The molecule has 1 aromatic rings. The molecule has 2 N–H and O–H groups in total. The molecule has 0 atom stereocenters. The molecule has 0 spiro atoms. The van der Waals surface area contributed by atoms with Gasteiger partial charge in [-0.1, -0.05) is 19.4 Å². The van der Waals surface area contributed by atoms with Gasteiger partial charge in [0.2, 0.25) is 10.0 Å². The highest BCUT2D eigenvalue weighted by Gasteiger charge is 2.27. The Hall–Kier alpha value is -0.910. The van der Waals surface area contributed by atoms with Gasteiger partial charge in [-0.3, -0.25) is 0 Å². The van der Waals surface area contributed by atoms with Crippen LogP contribution in [0.4, 0.5) is 0 Å². The predicted octanol–water partition coefficient (Wildman–Crippen LogP) is 2.65. The summed E-state index contributed by atoms with van der Waals surface area (Å²) in [5, 5.41) is 9.30. The van der Waals surface area contributed by atoms with Crippen LogP contribution in [-0.4, -0.2) is 19.1 Å². The summed E-state index contributed by atoms with van der Waals surface area (Å²) < 4.78 is 27.8. The molecule has 0 aliphatic carbocycles. The van der Waals surface area contributed by atoms with Crippen molar-refractivity contribution in [2.75, 3.05) is 0 Å². The van der Waals surface area contributed by atoms with Crippen LogP contribution in [-0.2, 0) is 16.6 Å². The molecule has 0 fully saturated rings. The number of benzene rings is 1. The van der Waals surface area contributed by atoms with Crippen LogP contribution in [0.2, 0.25) is 0 Å². The summed E-state index contributed by atoms with van der Waals surface area (Å²) in [6, 6.07) is 3.36. The first-order chi connectivity index (χ1) is 9.13. The number of hydrogen-bond acceptors (Lipinski definition) is 3. The summed E-state index contributed by atoms with van der Waals surface area (Å²) in [7, 11) is -3.58. The molecule has 5 heteroatoms. The van der Waals surface area contributed by atoms with Gasteiger partial charge in [0.15, 0.2) is 0 Å².